The van der Waals surface area contributed by atoms with Gasteiger partial charge in [-0.25, -0.2) is 0 Å². The molecule has 0 bridgehead atoms. The Morgan fingerprint density at radius 1 is 1.50 bits per heavy atom. The maximum Gasteiger partial charge on any atom is 0.209 e. The Labute approximate surface area is 97.3 Å². The van der Waals surface area contributed by atoms with Gasteiger partial charge in [-0.2, -0.15) is 5.10 Å². The van der Waals surface area contributed by atoms with Crippen LogP contribution in [0.3, 0.4) is 0 Å². The van der Waals surface area contributed by atoms with Crippen molar-refractivity contribution in [2.24, 2.45) is 7.05 Å². The van der Waals surface area contributed by atoms with Crippen LogP contribution >= 0.6 is 11.5 Å². The molecule has 0 atom stereocenters. The van der Waals surface area contributed by atoms with Crippen LogP contribution in [-0.4, -0.2) is 25.2 Å². The van der Waals surface area contributed by atoms with Gasteiger partial charge in [0.1, 0.15) is 4.88 Å². The highest BCUT2D eigenvalue weighted by molar-refractivity contribution is 7.08. The van der Waals surface area contributed by atoms with Crippen LogP contribution in [-0.2, 0) is 7.05 Å². The van der Waals surface area contributed by atoms with E-state index in [0.29, 0.717) is 10.4 Å². The Morgan fingerprint density at radius 2 is 2.25 bits per heavy atom. The largest absolute Gasteiger partial charge is 0.287 e. The summed E-state index contributed by atoms with van der Waals surface area (Å²) < 4.78 is 5.45. The molecule has 0 aliphatic carbocycles. The van der Waals surface area contributed by atoms with E-state index in [-0.39, 0.29) is 11.7 Å². The van der Waals surface area contributed by atoms with Crippen LogP contribution in [0.4, 0.5) is 0 Å². The predicted molar refractivity (Wildman–Crippen MR) is 60.6 cm³/mol. The Kier molecular flexibility index (Phi) is 2.82. The van der Waals surface area contributed by atoms with Gasteiger partial charge >= 0.3 is 0 Å². The lowest BCUT2D eigenvalue weighted by Gasteiger charge is -2.01. The van der Waals surface area contributed by atoms with Crippen molar-refractivity contribution >= 4 is 17.3 Å². The summed E-state index contributed by atoms with van der Waals surface area (Å²) >= 11 is 1.14. The van der Waals surface area contributed by atoms with Gasteiger partial charge in [-0.1, -0.05) is 18.3 Å². The molecule has 0 N–H and O–H groups in total. The summed E-state index contributed by atoms with van der Waals surface area (Å²) in [5, 5.41) is 7.97. The number of carbonyl (C=O) groups is 1. The first-order valence-electron chi connectivity index (χ1n) is 4.95. The van der Waals surface area contributed by atoms with Gasteiger partial charge in [0.2, 0.25) is 5.78 Å². The monoisotopic (exact) mass is 236 g/mol. The van der Waals surface area contributed by atoms with Crippen LogP contribution in [0.1, 0.15) is 40.7 Å². The van der Waals surface area contributed by atoms with Crippen LogP contribution in [0.5, 0.6) is 0 Å². The highest BCUT2D eigenvalue weighted by Gasteiger charge is 2.20. The third-order valence-corrected chi connectivity index (χ3v) is 2.97. The quantitative estimate of drug-likeness (QED) is 0.760. The minimum atomic E-state index is -0.0493. The molecule has 16 heavy (non-hydrogen) atoms. The molecule has 6 heteroatoms. The molecule has 0 saturated heterocycles. The Balaban J connectivity index is 2.38. The lowest BCUT2D eigenvalue weighted by molar-refractivity contribution is 0.104. The van der Waals surface area contributed by atoms with E-state index in [1.165, 1.54) is 0 Å². The van der Waals surface area contributed by atoms with E-state index in [1.807, 2.05) is 13.8 Å². The number of hydrogen-bond donors (Lipinski definition) is 0. The molecule has 2 heterocycles. The second kappa shape index (κ2) is 4.13. The van der Waals surface area contributed by atoms with Crippen LogP contribution in [0.2, 0.25) is 0 Å². The third-order valence-electron chi connectivity index (χ3n) is 2.23. The molecule has 2 aromatic heterocycles. The van der Waals surface area contributed by atoms with Crippen LogP contribution in [0, 0.1) is 0 Å². The highest BCUT2D eigenvalue weighted by Crippen LogP contribution is 2.22. The molecule has 0 radical (unpaired) electrons. The smallest absolute Gasteiger partial charge is 0.209 e. The second-order valence-electron chi connectivity index (χ2n) is 3.87. The number of ketones is 1. The molecule has 0 aliphatic rings. The zero-order chi connectivity index (χ0) is 11.7. The first kappa shape index (κ1) is 10.9. The molecule has 0 aromatic carbocycles. The molecule has 0 fully saturated rings. The molecule has 0 unspecified atom stereocenters. The maximum atomic E-state index is 12.1. The molecule has 0 saturated carbocycles. The molecule has 2 aromatic rings. The van der Waals surface area contributed by atoms with Crippen LogP contribution in [0.25, 0.3) is 0 Å². The Hall–Kier alpha value is -1.56. The number of hydrogen-bond acceptors (Lipinski definition) is 5. The van der Waals surface area contributed by atoms with Gasteiger partial charge in [0.15, 0.2) is 0 Å². The molecule has 0 spiro atoms. The average Bonchev–Trinajstić information content (AvgIpc) is 2.84. The molecular weight excluding hydrogens is 224 g/mol. The minimum Gasteiger partial charge on any atom is -0.287 e. The fourth-order valence-electron chi connectivity index (χ4n) is 1.40. The van der Waals surface area contributed by atoms with Crippen molar-refractivity contribution in [2.75, 3.05) is 0 Å². The van der Waals surface area contributed by atoms with E-state index in [4.69, 9.17) is 0 Å². The van der Waals surface area contributed by atoms with Crippen molar-refractivity contribution < 1.29 is 4.79 Å². The minimum absolute atomic E-state index is 0.0493. The summed E-state index contributed by atoms with van der Waals surface area (Å²) in [4.78, 5) is 12.7. The van der Waals surface area contributed by atoms with Crippen molar-refractivity contribution in [3.05, 3.63) is 28.5 Å². The zero-order valence-corrected chi connectivity index (χ0v) is 10.2. The number of aromatic nitrogens is 4. The first-order chi connectivity index (χ1) is 7.59. The van der Waals surface area contributed by atoms with E-state index in [0.717, 1.165) is 17.2 Å². The fourth-order valence-corrected chi connectivity index (χ4v) is 2.18. The van der Waals surface area contributed by atoms with Crippen molar-refractivity contribution in [1.82, 2.24) is 19.4 Å². The van der Waals surface area contributed by atoms with Gasteiger partial charge in [0.05, 0.1) is 17.5 Å². The zero-order valence-electron chi connectivity index (χ0n) is 9.34. The lowest BCUT2D eigenvalue weighted by atomic mass is 10.1. The Bertz CT molecular complexity index is 514. The van der Waals surface area contributed by atoms with E-state index in [2.05, 4.69) is 14.7 Å². The van der Waals surface area contributed by atoms with E-state index >= 15 is 0 Å². The topological polar surface area (TPSA) is 60.7 Å². The van der Waals surface area contributed by atoms with Gasteiger partial charge in [0, 0.05) is 13.2 Å². The lowest BCUT2D eigenvalue weighted by Crippen LogP contribution is -2.03. The molecule has 84 valence electrons. The standard InChI is InChI=1S/C10H12N4OS/c1-6(2)8-10(16-13-12-8)9(15)7-4-11-14(3)5-7/h4-6H,1-3H3. The molecule has 0 aliphatic heterocycles. The van der Waals surface area contributed by atoms with Gasteiger partial charge in [-0.15, -0.1) is 5.10 Å². The van der Waals surface area contributed by atoms with Gasteiger partial charge in [0.25, 0.3) is 0 Å². The summed E-state index contributed by atoms with van der Waals surface area (Å²) in [5.41, 5.74) is 1.34. The molecular formula is C10H12N4OS. The summed E-state index contributed by atoms with van der Waals surface area (Å²) in [6.07, 6.45) is 3.26. The van der Waals surface area contributed by atoms with Crippen molar-refractivity contribution in [1.29, 1.82) is 0 Å². The third kappa shape index (κ3) is 1.88. The normalized spacial score (nSPS) is 11.0. The number of carbonyl (C=O) groups excluding carboxylic acids is 1. The number of rotatable bonds is 3. The van der Waals surface area contributed by atoms with Crippen LogP contribution in [0.15, 0.2) is 12.4 Å². The van der Waals surface area contributed by atoms with Crippen molar-refractivity contribution in [2.45, 2.75) is 19.8 Å². The van der Waals surface area contributed by atoms with Gasteiger partial charge < -0.3 is 0 Å². The number of aryl methyl sites for hydroxylation is 1. The second-order valence-corrected chi connectivity index (χ2v) is 4.63. The van der Waals surface area contributed by atoms with E-state index in [1.54, 1.807) is 24.1 Å². The molecule has 2 rings (SSSR count). The summed E-state index contributed by atoms with van der Waals surface area (Å²) in [5.74, 6) is 0.154. The first-order valence-corrected chi connectivity index (χ1v) is 5.72. The molecule has 5 nitrogen and oxygen atoms in total. The summed E-state index contributed by atoms with van der Waals surface area (Å²) in [6, 6.07) is 0. The van der Waals surface area contributed by atoms with Gasteiger partial charge in [-0.05, 0) is 17.5 Å². The van der Waals surface area contributed by atoms with E-state index in [9.17, 15) is 4.79 Å². The predicted octanol–water partition coefficient (Wildman–Crippen LogP) is 1.63. The van der Waals surface area contributed by atoms with Crippen molar-refractivity contribution in [3.8, 4) is 0 Å². The SMILES string of the molecule is CC(C)c1nnsc1C(=O)c1cnn(C)c1. The average molecular weight is 236 g/mol. The number of nitrogens with zero attached hydrogens (tertiary/aromatic N) is 4. The Morgan fingerprint density at radius 3 is 2.81 bits per heavy atom. The molecule has 0 amide bonds. The summed E-state index contributed by atoms with van der Waals surface area (Å²) in [7, 11) is 1.78. The highest BCUT2D eigenvalue weighted by atomic mass is 32.1. The van der Waals surface area contributed by atoms with Crippen molar-refractivity contribution in [3.63, 3.8) is 0 Å². The van der Waals surface area contributed by atoms with E-state index < -0.39 is 0 Å². The maximum absolute atomic E-state index is 12.1. The summed E-state index contributed by atoms with van der Waals surface area (Å²) in [6.45, 7) is 3.99. The van der Waals surface area contributed by atoms with Crippen LogP contribution < -0.4 is 0 Å². The van der Waals surface area contributed by atoms with Gasteiger partial charge in [-0.3, -0.25) is 9.48 Å². The fraction of sp³-hybridized carbons (Fsp3) is 0.400.